The van der Waals surface area contributed by atoms with Crippen molar-refractivity contribution in [1.82, 2.24) is 10.2 Å². The minimum Gasteiger partial charge on any atom is -0.494 e. The summed E-state index contributed by atoms with van der Waals surface area (Å²) in [6.45, 7) is 6.17. The third-order valence-electron chi connectivity index (χ3n) is 4.56. The Kier molecular flexibility index (Phi) is 5.14. The first kappa shape index (κ1) is 16.9. The van der Waals surface area contributed by atoms with Crippen molar-refractivity contribution in [3.8, 4) is 11.5 Å². The summed E-state index contributed by atoms with van der Waals surface area (Å²) in [5, 5.41) is 12.5. The van der Waals surface area contributed by atoms with Crippen molar-refractivity contribution in [2.45, 2.75) is 51.9 Å². The molecule has 2 aliphatic rings. The molecule has 132 valence electrons. The number of hydrogen-bond donors (Lipinski definition) is 2. The predicted octanol–water partition coefficient (Wildman–Crippen LogP) is 2.07. The highest BCUT2D eigenvalue weighted by Gasteiger charge is 2.24. The van der Waals surface area contributed by atoms with Gasteiger partial charge in [-0.3, -0.25) is 0 Å². The van der Waals surface area contributed by atoms with Crippen molar-refractivity contribution in [1.29, 1.82) is 0 Å². The second kappa shape index (κ2) is 7.30. The fourth-order valence-corrected chi connectivity index (χ4v) is 3.26. The van der Waals surface area contributed by atoms with E-state index in [1.54, 1.807) is 4.90 Å². The molecule has 1 saturated heterocycles. The summed E-state index contributed by atoms with van der Waals surface area (Å²) >= 11 is 0. The fraction of sp³-hybridized carbons (Fsp3) is 0.611. The van der Waals surface area contributed by atoms with Gasteiger partial charge in [0, 0.05) is 37.2 Å². The van der Waals surface area contributed by atoms with Gasteiger partial charge in [0.05, 0.1) is 12.7 Å². The second-order valence-corrected chi connectivity index (χ2v) is 6.51. The lowest BCUT2D eigenvalue weighted by molar-refractivity contribution is 0.0936. The van der Waals surface area contributed by atoms with Crippen LogP contribution in [0.5, 0.6) is 11.5 Å². The third kappa shape index (κ3) is 3.75. The molecule has 0 radical (unpaired) electrons. The number of nitrogens with zero attached hydrogens (tertiary/aromatic N) is 1. The maximum Gasteiger partial charge on any atom is 0.317 e. The monoisotopic (exact) mass is 334 g/mol. The first-order valence-corrected chi connectivity index (χ1v) is 8.73. The average molecular weight is 334 g/mol. The van der Waals surface area contributed by atoms with Gasteiger partial charge in [-0.05, 0) is 38.8 Å². The molecule has 1 atom stereocenters. The minimum absolute atomic E-state index is 0.0980. The lowest BCUT2D eigenvalue weighted by Crippen LogP contribution is -2.45. The van der Waals surface area contributed by atoms with Gasteiger partial charge in [-0.15, -0.1) is 0 Å². The number of benzene rings is 1. The van der Waals surface area contributed by atoms with Crippen molar-refractivity contribution >= 4 is 6.03 Å². The maximum absolute atomic E-state index is 12.3. The van der Waals surface area contributed by atoms with Crippen molar-refractivity contribution in [2.24, 2.45) is 0 Å². The number of ether oxygens (including phenoxy) is 2. The van der Waals surface area contributed by atoms with E-state index < -0.39 is 0 Å². The quantitative estimate of drug-likeness (QED) is 0.884. The molecule has 3 rings (SSSR count). The van der Waals surface area contributed by atoms with Gasteiger partial charge in [-0.1, -0.05) is 0 Å². The molecule has 0 bridgehead atoms. The van der Waals surface area contributed by atoms with Crippen LogP contribution in [0.25, 0.3) is 0 Å². The molecular formula is C18H26N2O4. The van der Waals surface area contributed by atoms with Gasteiger partial charge in [0.1, 0.15) is 17.6 Å². The number of urea groups is 1. The SMILES string of the molecule is CCOc1cc2c(cc1CNC(=O)N1CCC(O)CC1)OC(C)C2. The number of fused-ring (bicyclic) bond motifs is 1. The molecule has 6 nitrogen and oxygen atoms in total. The number of aliphatic hydroxyl groups excluding tert-OH is 1. The van der Waals surface area contributed by atoms with Crippen LogP contribution < -0.4 is 14.8 Å². The molecular weight excluding hydrogens is 308 g/mol. The zero-order valence-electron chi connectivity index (χ0n) is 14.4. The van der Waals surface area contributed by atoms with E-state index in [1.165, 1.54) is 0 Å². The van der Waals surface area contributed by atoms with E-state index in [1.807, 2.05) is 26.0 Å². The van der Waals surface area contributed by atoms with Gasteiger partial charge in [-0.25, -0.2) is 4.79 Å². The predicted molar refractivity (Wildman–Crippen MR) is 90.5 cm³/mol. The summed E-state index contributed by atoms with van der Waals surface area (Å²) in [6, 6.07) is 3.91. The topological polar surface area (TPSA) is 71.0 Å². The summed E-state index contributed by atoms with van der Waals surface area (Å²) in [5.74, 6) is 1.69. The van der Waals surface area contributed by atoms with E-state index in [4.69, 9.17) is 9.47 Å². The van der Waals surface area contributed by atoms with Crippen molar-refractivity contribution in [3.05, 3.63) is 23.3 Å². The van der Waals surface area contributed by atoms with Crippen LogP contribution in [0, 0.1) is 0 Å². The number of carbonyl (C=O) groups is 1. The molecule has 1 fully saturated rings. The summed E-state index contributed by atoms with van der Waals surface area (Å²) < 4.78 is 11.5. The highest BCUT2D eigenvalue weighted by atomic mass is 16.5. The van der Waals surface area contributed by atoms with E-state index in [0.717, 1.165) is 29.0 Å². The standard InChI is InChI=1S/C18H26N2O4/c1-3-23-16-9-13-8-12(2)24-17(13)10-14(16)11-19-18(22)20-6-4-15(21)5-7-20/h9-10,12,15,21H,3-8,11H2,1-2H3,(H,19,22). The number of amides is 2. The van der Waals surface area contributed by atoms with E-state index >= 15 is 0 Å². The van der Waals surface area contributed by atoms with Crippen LogP contribution in [0.15, 0.2) is 12.1 Å². The summed E-state index contributed by atoms with van der Waals surface area (Å²) in [5.41, 5.74) is 2.08. The third-order valence-corrected chi connectivity index (χ3v) is 4.56. The molecule has 0 aromatic heterocycles. The normalized spacial score (nSPS) is 20.5. The molecule has 0 aliphatic carbocycles. The number of likely N-dealkylation sites (tertiary alicyclic amines) is 1. The van der Waals surface area contributed by atoms with E-state index in [2.05, 4.69) is 5.32 Å². The summed E-state index contributed by atoms with van der Waals surface area (Å²) in [4.78, 5) is 14.0. The Morgan fingerprint density at radius 3 is 2.88 bits per heavy atom. The lowest BCUT2D eigenvalue weighted by atomic mass is 10.1. The van der Waals surface area contributed by atoms with E-state index in [-0.39, 0.29) is 18.2 Å². The van der Waals surface area contributed by atoms with Gasteiger partial charge in [0.2, 0.25) is 0 Å². The molecule has 0 saturated carbocycles. The number of piperidine rings is 1. The fourth-order valence-electron chi connectivity index (χ4n) is 3.26. The smallest absolute Gasteiger partial charge is 0.317 e. The van der Waals surface area contributed by atoms with Crippen molar-refractivity contribution in [3.63, 3.8) is 0 Å². The molecule has 24 heavy (non-hydrogen) atoms. The van der Waals surface area contributed by atoms with Gasteiger partial charge in [0.25, 0.3) is 0 Å². The van der Waals surface area contributed by atoms with Crippen molar-refractivity contribution in [2.75, 3.05) is 19.7 Å². The van der Waals surface area contributed by atoms with Crippen LogP contribution in [0.1, 0.15) is 37.8 Å². The molecule has 2 heterocycles. The Hall–Kier alpha value is -1.95. The molecule has 0 spiro atoms. The first-order valence-electron chi connectivity index (χ1n) is 8.73. The highest BCUT2D eigenvalue weighted by Crippen LogP contribution is 2.35. The van der Waals surface area contributed by atoms with Crippen LogP contribution in [-0.4, -0.2) is 47.9 Å². The molecule has 6 heteroatoms. The molecule has 1 unspecified atom stereocenters. The van der Waals surface area contributed by atoms with Crippen LogP contribution >= 0.6 is 0 Å². The van der Waals surface area contributed by atoms with Gasteiger partial charge < -0.3 is 24.8 Å². The Labute approximate surface area is 142 Å². The first-order chi connectivity index (χ1) is 11.6. The molecule has 1 aromatic carbocycles. The molecule has 2 aliphatic heterocycles. The van der Waals surface area contributed by atoms with Crippen LogP contribution in [0.2, 0.25) is 0 Å². The highest BCUT2D eigenvalue weighted by molar-refractivity contribution is 5.74. The van der Waals surface area contributed by atoms with Gasteiger partial charge in [0.15, 0.2) is 0 Å². The number of aliphatic hydroxyl groups is 1. The summed E-state index contributed by atoms with van der Waals surface area (Å²) in [7, 11) is 0. The second-order valence-electron chi connectivity index (χ2n) is 6.51. The number of carbonyl (C=O) groups excluding carboxylic acids is 1. The number of hydrogen-bond acceptors (Lipinski definition) is 4. The molecule has 1 aromatic rings. The largest absolute Gasteiger partial charge is 0.494 e. The van der Waals surface area contributed by atoms with Crippen LogP contribution in [-0.2, 0) is 13.0 Å². The molecule has 2 amide bonds. The van der Waals surface area contributed by atoms with E-state index in [9.17, 15) is 9.90 Å². The molecule has 2 N–H and O–H groups in total. The number of nitrogens with one attached hydrogen (secondary N) is 1. The Balaban J connectivity index is 1.66. The number of rotatable bonds is 4. The van der Waals surface area contributed by atoms with Crippen LogP contribution in [0.3, 0.4) is 0 Å². The van der Waals surface area contributed by atoms with Gasteiger partial charge in [-0.2, -0.15) is 0 Å². The Bertz CT molecular complexity index is 597. The minimum atomic E-state index is -0.283. The Morgan fingerprint density at radius 1 is 1.42 bits per heavy atom. The van der Waals surface area contributed by atoms with Crippen LogP contribution in [0.4, 0.5) is 4.79 Å². The summed E-state index contributed by atoms with van der Waals surface area (Å²) in [6.07, 6.45) is 2.07. The lowest BCUT2D eigenvalue weighted by Gasteiger charge is -2.29. The zero-order chi connectivity index (χ0) is 17.1. The van der Waals surface area contributed by atoms with Crippen molar-refractivity contribution < 1.29 is 19.4 Å². The average Bonchev–Trinajstić information content (AvgIpc) is 2.92. The van der Waals surface area contributed by atoms with E-state index in [0.29, 0.717) is 39.1 Å². The maximum atomic E-state index is 12.3. The zero-order valence-corrected chi connectivity index (χ0v) is 14.4. The van der Waals surface area contributed by atoms with Gasteiger partial charge >= 0.3 is 6.03 Å². The Morgan fingerprint density at radius 2 is 2.17 bits per heavy atom.